The zero-order valence-corrected chi connectivity index (χ0v) is 10.5. The highest BCUT2D eigenvalue weighted by molar-refractivity contribution is 5.78. The SMILES string of the molecule is O=c1[nH]c(NCC(O)c2ccco2)nc2ccccc12. The van der Waals surface area contributed by atoms with Gasteiger partial charge in [-0.15, -0.1) is 0 Å². The predicted octanol–water partition coefficient (Wildman–Crippen LogP) is 1.66. The summed E-state index contributed by atoms with van der Waals surface area (Å²) < 4.78 is 5.10. The van der Waals surface area contributed by atoms with Crippen LogP contribution in [0.25, 0.3) is 10.9 Å². The van der Waals surface area contributed by atoms with Gasteiger partial charge in [-0.25, -0.2) is 4.98 Å². The first-order chi connectivity index (χ1) is 9.74. The van der Waals surface area contributed by atoms with Crippen LogP contribution in [0.15, 0.2) is 51.9 Å². The first-order valence-electron chi connectivity index (χ1n) is 6.18. The third kappa shape index (κ3) is 2.41. The molecule has 0 fully saturated rings. The first kappa shape index (κ1) is 12.4. The second-order valence-corrected chi connectivity index (χ2v) is 4.34. The van der Waals surface area contributed by atoms with Gasteiger partial charge in [0, 0.05) is 0 Å². The standard InChI is InChI=1S/C14H13N3O3/c18-11(12-6-3-7-20-12)8-15-14-16-10-5-2-1-4-9(10)13(19)17-14/h1-7,11,18H,8H2,(H2,15,16,17,19). The lowest BCUT2D eigenvalue weighted by Crippen LogP contribution is -2.17. The number of aromatic amines is 1. The molecule has 2 aromatic heterocycles. The van der Waals surface area contributed by atoms with Gasteiger partial charge >= 0.3 is 0 Å². The van der Waals surface area contributed by atoms with Gasteiger partial charge in [0.25, 0.3) is 5.56 Å². The second-order valence-electron chi connectivity index (χ2n) is 4.34. The van der Waals surface area contributed by atoms with E-state index in [1.165, 1.54) is 6.26 Å². The van der Waals surface area contributed by atoms with Crippen LogP contribution in [-0.4, -0.2) is 21.6 Å². The Kier molecular flexibility index (Phi) is 3.22. The molecule has 0 saturated heterocycles. The molecule has 3 rings (SSSR count). The molecule has 20 heavy (non-hydrogen) atoms. The molecule has 0 bridgehead atoms. The predicted molar refractivity (Wildman–Crippen MR) is 74.5 cm³/mol. The molecule has 0 spiro atoms. The largest absolute Gasteiger partial charge is 0.467 e. The van der Waals surface area contributed by atoms with Crippen LogP contribution in [0.2, 0.25) is 0 Å². The van der Waals surface area contributed by atoms with Crippen molar-refractivity contribution < 1.29 is 9.52 Å². The van der Waals surface area contributed by atoms with E-state index in [4.69, 9.17) is 4.42 Å². The zero-order valence-electron chi connectivity index (χ0n) is 10.5. The molecule has 0 radical (unpaired) electrons. The van der Waals surface area contributed by atoms with E-state index in [-0.39, 0.29) is 12.1 Å². The summed E-state index contributed by atoms with van der Waals surface area (Å²) in [6, 6.07) is 10.5. The summed E-state index contributed by atoms with van der Waals surface area (Å²) >= 11 is 0. The molecule has 102 valence electrons. The average molecular weight is 271 g/mol. The summed E-state index contributed by atoms with van der Waals surface area (Å²) in [5.41, 5.74) is 0.386. The van der Waals surface area contributed by atoms with Gasteiger partial charge in [-0.3, -0.25) is 9.78 Å². The van der Waals surface area contributed by atoms with Crippen LogP contribution in [0.4, 0.5) is 5.95 Å². The Hall–Kier alpha value is -2.60. The Morgan fingerprint density at radius 3 is 2.95 bits per heavy atom. The van der Waals surface area contributed by atoms with E-state index in [0.29, 0.717) is 22.6 Å². The highest BCUT2D eigenvalue weighted by Gasteiger charge is 2.11. The van der Waals surface area contributed by atoms with E-state index in [1.807, 2.05) is 6.07 Å². The van der Waals surface area contributed by atoms with E-state index >= 15 is 0 Å². The summed E-state index contributed by atoms with van der Waals surface area (Å²) in [6.45, 7) is 0.189. The average Bonchev–Trinajstić information content (AvgIpc) is 2.99. The number of rotatable bonds is 4. The highest BCUT2D eigenvalue weighted by atomic mass is 16.4. The first-order valence-corrected chi connectivity index (χ1v) is 6.18. The van der Waals surface area contributed by atoms with Crippen molar-refractivity contribution in [2.24, 2.45) is 0 Å². The van der Waals surface area contributed by atoms with Gasteiger partial charge in [0.15, 0.2) is 0 Å². The normalized spacial score (nSPS) is 12.4. The Bertz CT molecular complexity index is 765. The van der Waals surface area contributed by atoms with Gasteiger partial charge in [-0.2, -0.15) is 0 Å². The van der Waals surface area contributed by atoms with Crippen LogP contribution >= 0.6 is 0 Å². The van der Waals surface area contributed by atoms with Crippen molar-refractivity contribution in [1.29, 1.82) is 0 Å². The lowest BCUT2D eigenvalue weighted by Gasteiger charge is -2.10. The van der Waals surface area contributed by atoms with Gasteiger partial charge in [-0.1, -0.05) is 12.1 Å². The molecule has 6 heteroatoms. The van der Waals surface area contributed by atoms with Crippen molar-refractivity contribution in [3.05, 3.63) is 58.8 Å². The maximum Gasteiger partial charge on any atom is 0.260 e. The van der Waals surface area contributed by atoms with Gasteiger partial charge in [0.05, 0.1) is 23.7 Å². The van der Waals surface area contributed by atoms with Gasteiger partial charge in [0.1, 0.15) is 11.9 Å². The number of nitrogens with one attached hydrogen (secondary N) is 2. The Morgan fingerprint density at radius 2 is 2.15 bits per heavy atom. The van der Waals surface area contributed by atoms with Crippen LogP contribution in [0, 0.1) is 0 Å². The second kappa shape index (κ2) is 5.18. The third-order valence-corrected chi connectivity index (χ3v) is 2.95. The number of anilines is 1. The maximum atomic E-state index is 11.9. The van der Waals surface area contributed by atoms with E-state index < -0.39 is 6.10 Å². The Labute approximate surface area is 114 Å². The van der Waals surface area contributed by atoms with Crippen LogP contribution in [0.1, 0.15) is 11.9 Å². The van der Waals surface area contributed by atoms with Gasteiger partial charge in [0.2, 0.25) is 5.95 Å². The molecular formula is C14H13N3O3. The number of aromatic nitrogens is 2. The minimum Gasteiger partial charge on any atom is -0.467 e. The number of hydrogen-bond donors (Lipinski definition) is 3. The lowest BCUT2D eigenvalue weighted by atomic mass is 10.2. The number of benzene rings is 1. The van der Waals surface area contributed by atoms with Crippen molar-refractivity contribution >= 4 is 16.9 Å². The number of aliphatic hydroxyl groups is 1. The molecule has 6 nitrogen and oxygen atoms in total. The highest BCUT2D eigenvalue weighted by Crippen LogP contribution is 2.14. The summed E-state index contributed by atoms with van der Waals surface area (Å²) in [7, 11) is 0. The maximum absolute atomic E-state index is 11.9. The fraction of sp³-hybridized carbons (Fsp3) is 0.143. The third-order valence-electron chi connectivity index (χ3n) is 2.95. The summed E-state index contributed by atoms with van der Waals surface area (Å²) in [5, 5.41) is 13.3. The molecule has 0 aliphatic heterocycles. The van der Waals surface area contributed by atoms with E-state index in [9.17, 15) is 9.90 Å². The molecule has 0 amide bonds. The Morgan fingerprint density at radius 1 is 1.30 bits per heavy atom. The zero-order chi connectivity index (χ0) is 13.9. The molecule has 1 unspecified atom stereocenters. The van der Waals surface area contributed by atoms with Gasteiger partial charge < -0.3 is 14.8 Å². The Balaban J connectivity index is 1.80. The van der Waals surface area contributed by atoms with Crippen LogP contribution in [-0.2, 0) is 0 Å². The van der Waals surface area contributed by atoms with Gasteiger partial charge in [-0.05, 0) is 24.3 Å². The number of H-pyrrole nitrogens is 1. The smallest absolute Gasteiger partial charge is 0.260 e. The molecule has 0 aliphatic rings. The summed E-state index contributed by atoms with van der Waals surface area (Å²) in [6.07, 6.45) is 0.691. The lowest BCUT2D eigenvalue weighted by molar-refractivity contribution is 0.162. The molecule has 3 N–H and O–H groups in total. The van der Waals surface area contributed by atoms with E-state index in [1.54, 1.807) is 30.3 Å². The molecule has 1 aromatic carbocycles. The fourth-order valence-corrected chi connectivity index (χ4v) is 1.94. The van der Waals surface area contributed by atoms with E-state index in [2.05, 4.69) is 15.3 Å². The fourth-order valence-electron chi connectivity index (χ4n) is 1.94. The van der Waals surface area contributed by atoms with Crippen LogP contribution in [0.5, 0.6) is 0 Å². The number of hydrogen-bond acceptors (Lipinski definition) is 5. The molecular weight excluding hydrogens is 258 g/mol. The summed E-state index contributed by atoms with van der Waals surface area (Å²) in [4.78, 5) is 18.8. The molecule has 0 saturated carbocycles. The monoisotopic (exact) mass is 271 g/mol. The molecule has 0 aliphatic carbocycles. The quantitative estimate of drug-likeness (QED) is 0.671. The van der Waals surface area contributed by atoms with Crippen molar-refractivity contribution in [1.82, 2.24) is 9.97 Å². The number of furan rings is 1. The van der Waals surface area contributed by atoms with E-state index in [0.717, 1.165) is 0 Å². The topological polar surface area (TPSA) is 91.2 Å². The number of nitrogens with zero attached hydrogens (tertiary/aromatic N) is 1. The van der Waals surface area contributed by atoms with Crippen molar-refractivity contribution in [2.45, 2.75) is 6.10 Å². The van der Waals surface area contributed by atoms with Crippen molar-refractivity contribution in [2.75, 3.05) is 11.9 Å². The minimum atomic E-state index is -0.804. The van der Waals surface area contributed by atoms with Crippen LogP contribution < -0.4 is 10.9 Å². The minimum absolute atomic E-state index is 0.189. The van der Waals surface area contributed by atoms with Crippen molar-refractivity contribution in [3.8, 4) is 0 Å². The van der Waals surface area contributed by atoms with Crippen LogP contribution in [0.3, 0.4) is 0 Å². The number of fused-ring (bicyclic) bond motifs is 1. The van der Waals surface area contributed by atoms with Crippen molar-refractivity contribution in [3.63, 3.8) is 0 Å². The molecule has 2 heterocycles. The molecule has 3 aromatic rings. The number of para-hydroxylation sites is 1. The molecule has 1 atom stereocenters. The summed E-state index contributed by atoms with van der Waals surface area (Å²) in [5.74, 6) is 0.778. The number of aliphatic hydroxyl groups excluding tert-OH is 1.